The van der Waals surface area contributed by atoms with Gasteiger partial charge in [0.15, 0.2) is 0 Å². The van der Waals surface area contributed by atoms with E-state index in [-0.39, 0.29) is 17.4 Å². The summed E-state index contributed by atoms with van der Waals surface area (Å²) in [7, 11) is 3.94. The molecule has 240 valence electrons. The van der Waals surface area contributed by atoms with Gasteiger partial charge in [0.2, 0.25) is 0 Å². The van der Waals surface area contributed by atoms with Gasteiger partial charge in [0.1, 0.15) is 5.82 Å². The standard InChI is InChI=1S/C36H52FN5O2/c1-9-41(25(4)5)35(43)28-17-27(37)12-13-31(28)42-32-19-36(18-29(32)34-26(6)20-38-21-33(34)42)22-40(23-36)30(24(2)3)11-10-14-39(7)15-16-44-8/h12-13,17,20-21,24-25,30H,9-11,14-16,18-19,22-23H2,1-8H3/t30-/m1/s1. The van der Waals surface area contributed by atoms with E-state index in [0.29, 0.717) is 24.1 Å². The van der Waals surface area contributed by atoms with Crippen molar-refractivity contribution < 1.29 is 13.9 Å². The fraction of sp³-hybridized carbons (Fsp3) is 0.611. The van der Waals surface area contributed by atoms with Crippen LogP contribution < -0.4 is 0 Å². The smallest absolute Gasteiger partial charge is 0.256 e. The molecule has 0 bridgehead atoms. The molecular formula is C36H52FN5O2. The van der Waals surface area contributed by atoms with E-state index in [0.717, 1.165) is 62.4 Å². The van der Waals surface area contributed by atoms with E-state index < -0.39 is 5.82 Å². The largest absolute Gasteiger partial charge is 0.383 e. The minimum Gasteiger partial charge on any atom is -0.383 e. The van der Waals surface area contributed by atoms with Gasteiger partial charge in [0.25, 0.3) is 5.91 Å². The van der Waals surface area contributed by atoms with Crippen LogP contribution in [0.2, 0.25) is 0 Å². The van der Waals surface area contributed by atoms with Crippen LogP contribution in [0, 0.1) is 24.1 Å². The van der Waals surface area contributed by atoms with Crippen molar-refractivity contribution >= 4 is 16.8 Å². The summed E-state index contributed by atoms with van der Waals surface area (Å²) in [5.74, 6) is 0.0667. The molecule has 3 heterocycles. The zero-order valence-corrected chi connectivity index (χ0v) is 28.1. The van der Waals surface area contributed by atoms with Crippen molar-refractivity contribution in [3.05, 3.63) is 58.8 Å². The van der Waals surface area contributed by atoms with Crippen molar-refractivity contribution in [3.63, 3.8) is 0 Å². The Morgan fingerprint density at radius 1 is 1.14 bits per heavy atom. The Bertz CT molecular complexity index is 1470. The SMILES string of the molecule is CCN(C(=O)c1cc(F)ccc1-n1c2c(c3c(C)cncc31)CC1(C2)CN([C@H](CCCN(C)CCOC)C(C)C)C1)C(C)C. The van der Waals surface area contributed by atoms with E-state index in [4.69, 9.17) is 4.74 Å². The van der Waals surface area contributed by atoms with Gasteiger partial charge in [-0.2, -0.15) is 0 Å². The molecule has 5 rings (SSSR count). The molecule has 1 spiro atoms. The summed E-state index contributed by atoms with van der Waals surface area (Å²) in [6.07, 6.45) is 8.21. The lowest BCUT2D eigenvalue weighted by molar-refractivity contribution is -0.0419. The second kappa shape index (κ2) is 13.3. The first kappa shape index (κ1) is 32.6. The van der Waals surface area contributed by atoms with Gasteiger partial charge in [0.05, 0.1) is 29.6 Å². The molecule has 1 amide bonds. The Morgan fingerprint density at radius 3 is 2.55 bits per heavy atom. The zero-order chi connectivity index (χ0) is 31.8. The zero-order valence-electron chi connectivity index (χ0n) is 28.1. The third kappa shape index (κ3) is 6.18. The summed E-state index contributed by atoms with van der Waals surface area (Å²) in [5, 5.41) is 1.24. The lowest BCUT2D eigenvalue weighted by Crippen LogP contribution is -2.61. The predicted octanol–water partition coefficient (Wildman–Crippen LogP) is 6.13. The molecule has 2 aliphatic rings. The molecule has 1 aliphatic heterocycles. The van der Waals surface area contributed by atoms with E-state index in [1.807, 2.05) is 33.2 Å². The second-order valence-corrected chi connectivity index (χ2v) is 14.0. The molecule has 1 fully saturated rings. The Balaban J connectivity index is 1.44. The molecule has 1 aromatic carbocycles. The number of likely N-dealkylation sites (tertiary alicyclic amines) is 1. The first-order chi connectivity index (χ1) is 21.0. The fourth-order valence-electron chi connectivity index (χ4n) is 7.89. The Kier molecular flexibility index (Phi) is 9.83. The van der Waals surface area contributed by atoms with Crippen LogP contribution in [-0.4, -0.2) is 95.7 Å². The maximum absolute atomic E-state index is 14.7. The van der Waals surface area contributed by atoms with E-state index in [1.54, 1.807) is 18.1 Å². The number of hydrogen-bond donors (Lipinski definition) is 0. The van der Waals surface area contributed by atoms with Crippen molar-refractivity contribution in [2.24, 2.45) is 11.3 Å². The van der Waals surface area contributed by atoms with Crippen LogP contribution in [0.3, 0.4) is 0 Å². The summed E-state index contributed by atoms with van der Waals surface area (Å²) in [6.45, 7) is 18.4. The molecule has 0 unspecified atom stereocenters. The summed E-state index contributed by atoms with van der Waals surface area (Å²) in [6, 6.07) is 5.27. The summed E-state index contributed by atoms with van der Waals surface area (Å²) in [4.78, 5) is 25.3. The number of aryl methyl sites for hydroxylation is 1. The molecule has 7 nitrogen and oxygen atoms in total. The molecule has 1 saturated heterocycles. The molecule has 8 heteroatoms. The van der Waals surface area contributed by atoms with Gasteiger partial charge in [-0.1, -0.05) is 13.8 Å². The van der Waals surface area contributed by atoms with Gasteiger partial charge < -0.3 is 19.1 Å². The van der Waals surface area contributed by atoms with Crippen molar-refractivity contribution in [1.29, 1.82) is 0 Å². The maximum Gasteiger partial charge on any atom is 0.256 e. The van der Waals surface area contributed by atoms with Crippen LogP contribution in [0.4, 0.5) is 4.39 Å². The molecule has 2 aromatic heterocycles. The number of likely N-dealkylation sites (N-methyl/N-ethyl adjacent to an activating group) is 1. The van der Waals surface area contributed by atoms with E-state index in [1.165, 1.54) is 41.6 Å². The van der Waals surface area contributed by atoms with E-state index >= 15 is 0 Å². The van der Waals surface area contributed by atoms with Crippen molar-refractivity contribution in [1.82, 2.24) is 24.3 Å². The third-order valence-corrected chi connectivity index (χ3v) is 10.1. The highest BCUT2D eigenvalue weighted by molar-refractivity contribution is 6.00. The highest BCUT2D eigenvalue weighted by Gasteiger charge is 2.51. The predicted molar refractivity (Wildman–Crippen MR) is 176 cm³/mol. The number of hydrogen-bond acceptors (Lipinski definition) is 5. The minimum atomic E-state index is -0.393. The first-order valence-electron chi connectivity index (χ1n) is 16.5. The summed E-state index contributed by atoms with van der Waals surface area (Å²) >= 11 is 0. The number of pyridine rings is 1. The number of aromatic nitrogens is 2. The minimum absolute atomic E-state index is 0.0172. The number of fused-ring (bicyclic) bond motifs is 3. The molecular weight excluding hydrogens is 553 g/mol. The van der Waals surface area contributed by atoms with Gasteiger partial charge in [-0.25, -0.2) is 4.39 Å². The monoisotopic (exact) mass is 605 g/mol. The number of methoxy groups -OCH3 is 1. The average molecular weight is 606 g/mol. The number of nitrogens with zero attached hydrogens (tertiary/aromatic N) is 5. The lowest BCUT2D eigenvalue weighted by atomic mass is 9.74. The van der Waals surface area contributed by atoms with Crippen LogP contribution in [0.5, 0.6) is 0 Å². The van der Waals surface area contributed by atoms with Gasteiger partial charge >= 0.3 is 0 Å². The Hall–Kier alpha value is -2.81. The van der Waals surface area contributed by atoms with Crippen molar-refractivity contribution in [3.8, 4) is 5.69 Å². The normalized spacial score (nSPS) is 16.8. The topological polar surface area (TPSA) is 53.8 Å². The molecule has 0 saturated carbocycles. The highest BCUT2D eigenvalue weighted by Crippen LogP contribution is 2.50. The molecule has 0 radical (unpaired) electrons. The average Bonchev–Trinajstić information content (AvgIpc) is 3.48. The van der Waals surface area contributed by atoms with Gasteiger partial charge in [-0.15, -0.1) is 0 Å². The Morgan fingerprint density at radius 2 is 1.89 bits per heavy atom. The summed E-state index contributed by atoms with van der Waals surface area (Å²) in [5.41, 5.74) is 6.14. The van der Waals surface area contributed by atoms with Gasteiger partial charge in [-0.3, -0.25) is 14.7 Å². The first-order valence-corrected chi connectivity index (χ1v) is 16.5. The third-order valence-electron chi connectivity index (χ3n) is 10.1. The van der Waals surface area contributed by atoms with Gasteiger partial charge in [-0.05, 0) is 102 Å². The number of amides is 1. The second-order valence-electron chi connectivity index (χ2n) is 14.0. The maximum atomic E-state index is 14.7. The number of carbonyl (C=O) groups excluding carboxylic acids is 1. The molecule has 3 aromatic rings. The van der Waals surface area contributed by atoms with Gasteiger partial charge in [0, 0.05) is 68.1 Å². The quantitative estimate of drug-likeness (QED) is 0.235. The van der Waals surface area contributed by atoms with Crippen LogP contribution in [0.25, 0.3) is 16.6 Å². The van der Waals surface area contributed by atoms with Crippen molar-refractivity contribution in [2.75, 3.05) is 53.5 Å². The molecule has 1 atom stereocenters. The number of carbonyl (C=O) groups is 1. The lowest BCUT2D eigenvalue weighted by Gasteiger charge is -2.53. The summed E-state index contributed by atoms with van der Waals surface area (Å²) < 4.78 is 22.2. The van der Waals surface area contributed by atoms with Crippen LogP contribution in [-0.2, 0) is 17.6 Å². The fourth-order valence-corrected chi connectivity index (χ4v) is 7.89. The van der Waals surface area contributed by atoms with Crippen LogP contribution >= 0.6 is 0 Å². The number of benzene rings is 1. The Labute approximate surface area is 263 Å². The number of rotatable bonds is 13. The molecule has 0 N–H and O–H groups in total. The van der Waals surface area contributed by atoms with E-state index in [9.17, 15) is 9.18 Å². The van der Waals surface area contributed by atoms with Crippen LogP contribution in [0.1, 0.15) is 74.6 Å². The number of halogens is 1. The molecule has 44 heavy (non-hydrogen) atoms. The van der Waals surface area contributed by atoms with E-state index in [2.05, 4.69) is 47.2 Å². The van der Waals surface area contributed by atoms with Crippen molar-refractivity contribution in [2.45, 2.75) is 79.3 Å². The number of ether oxygens (including phenoxy) is 1. The highest BCUT2D eigenvalue weighted by atomic mass is 19.1. The van der Waals surface area contributed by atoms with Crippen LogP contribution in [0.15, 0.2) is 30.6 Å². The molecule has 1 aliphatic carbocycles.